The summed E-state index contributed by atoms with van der Waals surface area (Å²) < 4.78 is 42.5. The minimum Gasteiger partial charge on any atom is -0.465 e. The van der Waals surface area contributed by atoms with Gasteiger partial charge in [0, 0.05) is 5.56 Å². The standard InChI is InChI=1S/C9H7ClF3NO2/c1-16-9(15)6-4(2-10)7(8(12)13)14-3-5(6)11/h3,8H,2H2,1H3. The van der Waals surface area contributed by atoms with Crippen LogP contribution in [0.5, 0.6) is 0 Å². The number of nitrogens with zero attached hydrogens (tertiary/aromatic N) is 1. The number of methoxy groups -OCH3 is 1. The van der Waals surface area contributed by atoms with Crippen LogP contribution in [0.4, 0.5) is 13.2 Å². The molecule has 0 aromatic carbocycles. The number of pyridine rings is 1. The molecule has 0 atom stereocenters. The van der Waals surface area contributed by atoms with Crippen LogP contribution in [-0.2, 0) is 10.6 Å². The van der Waals surface area contributed by atoms with E-state index in [0.717, 1.165) is 7.11 Å². The van der Waals surface area contributed by atoms with E-state index in [1.165, 1.54) is 0 Å². The Morgan fingerprint density at radius 1 is 1.62 bits per heavy atom. The maximum Gasteiger partial charge on any atom is 0.341 e. The molecule has 0 aliphatic heterocycles. The van der Waals surface area contributed by atoms with Gasteiger partial charge in [-0.1, -0.05) is 0 Å². The SMILES string of the molecule is COC(=O)c1c(F)cnc(C(F)F)c1CCl. The Labute approximate surface area is 94.2 Å². The summed E-state index contributed by atoms with van der Waals surface area (Å²) in [5.41, 5.74) is -1.65. The molecule has 1 aromatic rings. The molecule has 16 heavy (non-hydrogen) atoms. The number of hydrogen-bond acceptors (Lipinski definition) is 3. The van der Waals surface area contributed by atoms with Crippen molar-refractivity contribution in [3.63, 3.8) is 0 Å². The summed E-state index contributed by atoms with van der Waals surface area (Å²) in [4.78, 5) is 14.4. The first-order chi connectivity index (χ1) is 7.52. The molecule has 1 rings (SSSR count). The zero-order chi connectivity index (χ0) is 12.3. The third-order valence-corrected chi connectivity index (χ3v) is 2.16. The molecule has 0 amide bonds. The minimum atomic E-state index is -2.93. The fourth-order valence-corrected chi connectivity index (χ4v) is 1.46. The van der Waals surface area contributed by atoms with Gasteiger partial charge in [0.2, 0.25) is 0 Å². The molecule has 0 aliphatic carbocycles. The van der Waals surface area contributed by atoms with Crippen LogP contribution < -0.4 is 0 Å². The molecular weight excluding hydrogens is 247 g/mol. The molecule has 0 fully saturated rings. The van der Waals surface area contributed by atoms with Gasteiger partial charge in [0.05, 0.1) is 19.2 Å². The lowest BCUT2D eigenvalue weighted by Gasteiger charge is -2.10. The smallest absolute Gasteiger partial charge is 0.341 e. The number of ether oxygens (including phenoxy) is 1. The number of esters is 1. The van der Waals surface area contributed by atoms with Gasteiger partial charge >= 0.3 is 5.97 Å². The topological polar surface area (TPSA) is 39.2 Å². The summed E-state index contributed by atoms with van der Waals surface area (Å²) in [6, 6.07) is 0. The second kappa shape index (κ2) is 5.16. The molecule has 0 unspecified atom stereocenters. The van der Waals surface area contributed by atoms with Gasteiger partial charge in [0.15, 0.2) is 5.82 Å². The molecule has 1 aromatic heterocycles. The average Bonchev–Trinajstić information content (AvgIpc) is 2.26. The molecule has 0 aliphatic rings. The second-order valence-electron chi connectivity index (χ2n) is 2.77. The first kappa shape index (κ1) is 12.8. The zero-order valence-corrected chi connectivity index (χ0v) is 8.89. The van der Waals surface area contributed by atoms with Gasteiger partial charge in [0.1, 0.15) is 11.3 Å². The van der Waals surface area contributed by atoms with Gasteiger partial charge in [0.25, 0.3) is 6.43 Å². The van der Waals surface area contributed by atoms with Crippen molar-refractivity contribution in [2.24, 2.45) is 0 Å². The van der Waals surface area contributed by atoms with E-state index in [-0.39, 0.29) is 5.56 Å². The lowest BCUT2D eigenvalue weighted by atomic mass is 10.1. The van der Waals surface area contributed by atoms with E-state index in [2.05, 4.69) is 9.72 Å². The molecule has 0 radical (unpaired) electrons. The van der Waals surface area contributed by atoms with Crippen LogP contribution in [0.3, 0.4) is 0 Å². The van der Waals surface area contributed by atoms with Gasteiger partial charge in [-0.2, -0.15) is 0 Å². The maximum absolute atomic E-state index is 13.3. The largest absolute Gasteiger partial charge is 0.465 e. The number of rotatable bonds is 3. The fourth-order valence-electron chi connectivity index (χ4n) is 1.19. The quantitative estimate of drug-likeness (QED) is 0.614. The first-order valence-corrected chi connectivity index (χ1v) is 4.66. The predicted octanol–water partition coefficient (Wildman–Crippen LogP) is 2.68. The van der Waals surface area contributed by atoms with Crippen molar-refractivity contribution in [3.8, 4) is 0 Å². The molecule has 0 N–H and O–H groups in total. The lowest BCUT2D eigenvalue weighted by Crippen LogP contribution is -2.12. The highest BCUT2D eigenvalue weighted by Gasteiger charge is 2.25. The van der Waals surface area contributed by atoms with Crippen molar-refractivity contribution in [2.45, 2.75) is 12.3 Å². The summed E-state index contributed by atoms with van der Waals surface area (Å²) >= 11 is 5.41. The van der Waals surface area contributed by atoms with E-state index in [1.54, 1.807) is 0 Å². The van der Waals surface area contributed by atoms with Crippen LogP contribution in [0.1, 0.15) is 28.0 Å². The molecule has 1 heterocycles. The minimum absolute atomic E-state index is 0.344. The summed E-state index contributed by atoms with van der Waals surface area (Å²) in [5.74, 6) is -2.54. The summed E-state index contributed by atoms with van der Waals surface area (Å²) in [6.45, 7) is 0. The molecule has 0 spiro atoms. The van der Waals surface area contributed by atoms with E-state index < -0.39 is 35.3 Å². The van der Waals surface area contributed by atoms with Crippen molar-refractivity contribution >= 4 is 17.6 Å². The van der Waals surface area contributed by atoms with Crippen molar-refractivity contribution in [3.05, 3.63) is 28.8 Å². The maximum atomic E-state index is 13.3. The van der Waals surface area contributed by atoms with Gasteiger partial charge < -0.3 is 4.74 Å². The highest BCUT2D eigenvalue weighted by molar-refractivity contribution is 6.17. The van der Waals surface area contributed by atoms with Gasteiger partial charge in [-0.3, -0.25) is 4.98 Å². The summed E-state index contributed by atoms with van der Waals surface area (Å²) in [6.07, 6.45) is -2.39. The molecule has 0 saturated heterocycles. The van der Waals surface area contributed by atoms with Crippen LogP contribution in [-0.4, -0.2) is 18.1 Å². The number of halogens is 4. The fraction of sp³-hybridized carbons (Fsp3) is 0.333. The molecule has 0 bridgehead atoms. The third kappa shape index (κ3) is 2.27. The Hall–Kier alpha value is -1.30. The Morgan fingerprint density at radius 2 is 2.25 bits per heavy atom. The predicted molar refractivity (Wildman–Crippen MR) is 50.0 cm³/mol. The van der Waals surface area contributed by atoms with Crippen LogP contribution >= 0.6 is 11.6 Å². The third-order valence-electron chi connectivity index (χ3n) is 1.90. The Morgan fingerprint density at radius 3 is 2.69 bits per heavy atom. The van der Waals surface area contributed by atoms with E-state index in [9.17, 15) is 18.0 Å². The lowest BCUT2D eigenvalue weighted by molar-refractivity contribution is 0.0593. The molecule has 3 nitrogen and oxygen atoms in total. The zero-order valence-electron chi connectivity index (χ0n) is 8.14. The highest BCUT2D eigenvalue weighted by atomic mass is 35.5. The summed E-state index contributed by atoms with van der Waals surface area (Å²) in [7, 11) is 1.02. The Balaban J connectivity index is 3.44. The van der Waals surface area contributed by atoms with Gasteiger partial charge in [-0.25, -0.2) is 18.0 Å². The number of carbonyl (C=O) groups is 1. The number of aromatic nitrogens is 1. The first-order valence-electron chi connectivity index (χ1n) is 4.12. The number of hydrogen-bond donors (Lipinski definition) is 0. The monoisotopic (exact) mass is 253 g/mol. The molecule has 88 valence electrons. The van der Waals surface area contributed by atoms with Crippen molar-refractivity contribution in [1.29, 1.82) is 0 Å². The molecule has 0 saturated carbocycles. The normalized spacial score (nSPS) is 10.6. The van der Waals surface area contributed by atoms with E-state index in [4.69, 9.17) is 11.6 Å². The molecular formula is C9H7ClF3NO2. The summed E-state index contributed by atoms with van der Waals surface area (Å²) in [5, 5.41) is 0. The second-order valence-corrected chi connectivity index (χ2v) is 3.04. The van der Waals surface area contributed by atoms with Crippen molar-refractivity contribution in [1.82, 2.24) is 4.98 Å². The van der Waals surface area contributed by atoms with E-state index in [1.807, 2.05) is 0 Å². The van der Waals surface area contributed by atoms with Gasteiger partial charge in [-0.05, 0) is 0 Å². The van der Waals surface area contributed by atoms with E-state index in [0.29, 0.717) is 6.20 Å². The number of carbonyl (C=O) groups excluding carboxylic acids is 1. The Bertz CT molecular complexity index is 412. The van der Waals surface area contributed by atoms with Gasteiger partial charge in [-0.15, -0.1) is 11.6 Å². The Kier molecular flexibility index (Phi) is 4.12. The highest BCUT2D eigenvalue weighted by Crippen LogP contribution is 2.26. The van der Waals surface area contributed by atoms with Crippen LogP contribution in [0.25, 0.3) is 0 Å². The average molecular weight is 254 g/mol. The van der Waals surface area contributed by atoms with E-state index >= 15 is 0 Å². The van der Waals surface area contributed by atoms with Crippen LogP contribution in [0.15, 0.2) is 6.20 Å². The van der Waals surface area contributed by atoms with Crippen molar-refractivity contribution in [2.75, 3.05) is 7.11 Å². The van der Waals surface area contributed by atoms with Crippen LogP contribution in [0, 0.1) is 5.82 Å². The van der Waals surface area contributed by atoms with Crippen molar-refractivity contribution < 1.29 is 22.7 Å². The van der Waals surface area contributed by atoms with Crippen LogP contribution in [0.2, 0.25) is 0 Å². The molecule has 7 heteroatoms. The number of alkyl halides is 3.